The third-order valence-corrected chi connectivity index (χ3v) is 4.97. The van der Waals surface area contributed by atoms with E-state index in [1.54, 1.807) is 30.0 Å². The normalized spacial score (nSPS) is 11.9. The van der Waals surface area contributed by atoms with Crippen molar-refractivity contribution in [2.45, 2.75) is 39.8 Å². The van der Waals surface area contributed by atoms with Gasteiger partial charge < -0.3 is 4.90 Å². The molecule has 6 heteroatoms. The lowest BCUT2D eigenvalue weighted by molar-refractivity contribution is 0.0662. The number of hydrogen-bond acceptors (Lipinski definition) is 3. The average Bonchev–Trinajstić information content (AvgIpc) is 2.72. The Morgan fingerprint density at radius 3 is 2.45 bits per heavy atom. The highest BCUT2D eigenvalue weighted by atomic mass is 19.1. The van der Waals surface area contributed by atoms with Gasteiger partial charge in [-0.1, -0.05) is 49.4 Å². The molecule has 1 aromatic heterocycles. The van der Waals surface area contributed by atoms with Crippen LogP contribution in [0.3, 0.4) is 0 Å². The molecule has 1 atom stereocenters. The number of benzene rings is 2. The first-order chi connectivity index (χ1) is 13.9. The Morgan fingerprint density at radius 1 is 1.14 bits per heavy atom. The maximum atomic E-state index is 14.3. The molecule has 0 aliphatic heterocycles. The summed E-state index contributed by atoms with van der Waals surface area (Å²) in [4.78, 5) is 27.5. The summed E-state index contributed by atoms with van der Waals surface area (Å²) in [5, 5.41) is 4.26. The Balaban J connectivity index is 2.05. The van der Waals surface area contributed by atoms with E-state index in [4.69, 9.17) is 0 Å². The molecule has 2 aromatic carbocycles. The molecule has 3 aromatic rings. The van der Waals surface area contributed by atoms with Crippen LogP contribution >= 0.6 is 0 Å². The molecule has 0 radical (unpaired) electrons. The molecular weight excluding hydrogens is 369 g/mol. The van der Waals surface area contributed by atoms with Gasteiger partial charge >= 0.3 is 0 Å². The summed E-state index contributed by atoms with van der Waals surface area (Å²) in [6.45, 7) is 5.94. The van der Waals surface area contributed by atoms with Crippen molar-refractivity contribution in [1.29, 1.82) is 0 Å². The van der Waals surface area contributed by atoms with Crippen molar-refractivity contribution >= 4 is 5.91 Å². The number of rotatable bonds is 6. The second kappa shape index (κ2) is 8.82. The van der Waals surface area contributed by atoms with Gasteiger partial charge in [-0.25, -0.2) is 9.07 Å². The van der Waals surface area contributed by atoms with Crippen molar-refractivity contribution in [3.63, 3.8) is 0 Å². The zero-order valence-corrected chi connectivity index (χ0v) is 16.8. The van der Waals surface area contributed by atoms with E-state index < -0.39 is 17.2 Å². The molecule has 0 saturated carbocycles. The summed E-state index contributed by atoms with van der Waals surface area (Å²) in [5.74, 6) is -0.938. The van der Waals surface area contributed by atoms with E-state index in [0.29, 0.717) is 12.2 Å². The van der Waals surface area contributed by atoms with Gasteiger partial charge in [-0.3, -0.25) is 9.59 Å². The van der Waals surface area contributed by atoms with Crippen LogP contribution in [0.2, 0.25) is 0 Å². The van der Waals surface area contributed by atoms with E-state index in [0.717, 1.165) is 12.0 Å². The van der Waals surface area contributed by atoms with Gasteiger partial charge in [0.25, 0.3) is 5.91 Å². The van der Waals surface area contributed by atoms with E-state index in [9.17, 15) is 14.0 Å². The molecule has 0 fully saturated rings. The maximum absolute atomic E-state index is 14.3. The quantitative estimate of drug-likeness (QED) is 0.633. The molecule has 0 spiro atoms. The highest BCUT2D eigenvalue weighted by molar-refractivity contribution is 5.92. The number of aryl methyl sites for hydroxylation is 1. The van der Waals surface area contributed by atoms with Crippen LogP contribution in [0.25, 0.3) is 5.69 Å². The molecule has 5 nitrogen and oxygen atoms in total. The van der Waals surface area contributed by atoms with Crippen LogP contribution in [-0.4, -0.2) is 26.6 Å². The lowest BCUT2D eigenvalue weighted by atomic mass is 10.1. The van der Waals surface area contributed by atoms with Gasteiger partial charge in [0.2, 0.25) is 5.43 Å². The highest BCUT2D eigenvalue weighted by Crippen LogP contribution is 2.16. The Hall–Kier alpha value is -3.28. The minimum atomic E-state index is -0.479. The van der Waals surface area contributed by atoms with Crippen molar-refractivity contribution in [2.75, 3.05) is 0 Å². The maximum Gasteiger partial charge on any atom is 0.278 e. The van der Waals surface area contributed by atoms with Gasteiger partial charge in [0.05, 0.1) is 0 Å². The predicted molar refractivity (Wildman–Crippen MR) is 111 cm³/mol. The molecule has 0 aliphatic rings. The number of carbonyl (C=O) groups excluding carboxylic acids is 1. The molecule has 1 unspecified atom stereocenters. The monoisotopic (exact) mass is 393 g/mol. The summed E-state index contributed by atoms with van der Waals surface area (Å²) in [5.41, 5.74) is 0.922. The number of hydrogen-bond donors (Lipinski definition) is 0. The minimum absolute atomic E-state index is 0.0906. The van der Waals surface area contributed by atoms with E-state index in [2.05, 4.69) is 5.10 Å². The molecule has 1 heterocycles. The summed E-state index contributed by atoms with van der Waals surface area (Å²) < 4.78 is 15.6. The van der Waals surface area contributed by atoms with Crippen molar-refractivity contribution in [1.82, 2.24) is 14.7 Å². The Kier molecular flexibility index (Phi) is 6.22. The van der Waals surface area contributed by atoms with Crippen molar-refractivity contribution in [3.05, 3.63) is 93.7 Å². The van der Waals surface area contributed by atoms with Crippen LogP contribution in [0.5, 0.6) is 0 Å². The second-order valence-electron chi connectivity index (χ2n) is 7.04. The van der Waals surface area contributed by atoms with E-state index >= 15 is 0 Å². The number of halogens is 1. The molecule has 0 bridgehead atoms. The van der Waals surface area contributed by atoms with E-state index in [-0.39, 0.29) is 17.4 Å². The zero-order chi connectivity index (χ0) is 21.0. The van der Waals surface area contributed by atoms with Crippen LogP contribution in [0.4, 0.5) is 4.39 Å². The van der Waals surface area contributed by atoms with Crippen molar-refractivity contribution in [3.8, 4) is 5.69 Å². The van der Waals surface area contributed by atoms with Gasteiger partial charge in [0.15, 0.2) is 5.69 Å². The molecule has 0 aliphatic carbocycles. The minimum Gasteiger partial charge on any atom is -0.330 e. The Morgan fingerprint density at radius 2 is 1.79 bits per heavy atom. The summed E-state index contributed by atoms with van der Waals surface area (Å²) in [6, 6.07) is 17.0. The lowest BCUT2D eigenvalue weighted by Gasteiger charge is -2.28. The van der Waals surface area contributed by atoms with Crippen molar-refractivity contribution in [2.24, 2.45) is 0 Å². The third-order valence-electron chi connectivity index (χ3n) is 4.97. The zero-order valence-electron chi connectivity index (χ0n) is 16.8. The predicted octanol–water partition coefficient (Wildman–Crippen LogP) is 4.12. The van der Waals surface area contributed by atoms with Crippen LogP contribution in [0, 0.1) is 12.7 Å². The van der Waals surface area contributed by atoms with Crippen LogP contribution < -0.4 is 5.43 Å². The first-order valence-electron chi connectivity index (χ1n) is 9.63. The van der Waals surface area contributed by atoms with Gasteiger partial charge in [-0.15, -0.1) is 0 Å². The Labute approximate surface area is 169 Å². The number of nitrogens with zero attached hydrogens (tertiary/aromatic N) is 3. The van der Waals surface area contributed by atoms with Crippen LogP contribution in [-0.2, 0) is 6.54 Å². The fourth-order valence-corrected chi connectivity index (χ4v) is 3.13. The highest BCUT2D eigenvalue weighted by Gasteiger charge is 2.25. The summed E-state index contributed by atoms with van der Waals surface area (Å²) in [6.07, 6.45) is 0.728. The first-order valence-corrected chi connectivity index (χ1v) is 9.63. The van der Waals surface area contributed by atoms with Gasteiger partial charge in [0, 0.05) is 24.3 Å². The van der Waals surface area contributed by atoms with Crippen molar-refractivity contribution < 1.29 is 9.18 Å². The topological polar surface area (TPSA) is 55.2 Å². The number of amides is 1. The fourth-order valence-electron chi connectivity index (χ4n) is 3.13. The van der Waals surface area contributed by atoms with Crippen LogP contribution in [0.1, 0.15) is 42.0 Å². The molecule has 0 saturated heterocycles. The molecule has 3 rings (SSSR count). The summed E-state index contributed by atoms with van der Waals surface area (Å²) in [7, 11) is 0. The van der Waals surface area contributed by atoms with E-state index in [1.165, 1.54) is 16.8 Å². The molecule has 29 heavy (non-hydrogen) atoms. The fraction of sp³-hybridized carbons (Fsp3) is 0.261. The SMILES string of the molecule is CCC(C)N(Cc1ccccc1)C(=O)c1nn(-c2ccccc2F)c(C)cc1=O. The Bertz CT molecular complexity index is 1060. The third kappa shape index (κ3) is 4.42. The molecule has 1 amide bonds. The van der Waals surface area contributed by atoms with Gasteiger partial charge in [-0.2, -0.15) is 5.10 Å². The molecule has 150 valence electrons. The van der Waals surface area contributed by atoms with E-state index in [1.807, 2.05) is 44.2 Å². The first kappa shape index (κ1) is 20.5. The number of para-hydroxylation sites is 1. The standard InChI is InChI=1S/C23H24FN3O2/c1-4-16(2)26(15-18-10-6-5-7-11-18)23(29)22-21(28)14-17(3)27(25-22)20-13-9-8-12-19(20)24/h5-14,16H,4,15H2,1-3H3. The number of aromatic nitrogens is 2. The lowest BCUT2D eigenvalue weighted by Crippen LogP contribution is -2.41. The van der Waals surface area contributed by atoms with Gasteiger partial charge in [-0.05, 0) is 38.0 Å². The second-order valence-corrected chi connectivity index (χ2v) is 7.04. The average molecular weight is 393 g/mol. The van der Waals surface area contributed by atoms with Crippen LogP contribution in [0.15, 0.2) is 65.5 Å². The number of carbonyl (C=O) groups is 1. The molecule has 0 N–H and O–H groups in total. The van der Waals surface area contributed by atoms with Gasteiger partial charge in [0.1, 0.15) is 11.5 Å². The smallest absolute Gasteiger partial charge is 0.278 e. The largest absolute Gasteiger partial charge is 0.330 e. The molecular formula is C23H24FN3O2. The summed E-state index contributed by atoms with van der Waals surface area (Å²) >= 11 is 0.